The van der Waals surface area contributed by atoms with E-state index in [2.05, 4.69) is 19.2 Å². The molecule has 15 heteroatoms. The molecule has 6 nitrogen and oxygen atoms in total. The molecule has 0 radical (unpaired) electrons. The average Bonchev–Trinajstić information content (AvgIpc) is 3.14. The van der Waals surface area contributed by atoms with Crippen molar-refractivity contribution >= 4 is 21.4 Å². The van der Waals surface area contributed by atoms with Crippen LogP contribution in [0, 0.1) is 0 Å². The second kappa shape index (κ2) is 9.58. The summed E-state index contributed by atoms with van der Waals surface area (Å²) in [6.45, 7) is -4.18. The van der Waals surface area contributed by atoms with E-state index in [1.165, 1.54) is 29.5 Å². The summed E-state index contributed by atoms with van der Waals surface area (Å²) in [7, 11) is 0. The van der Waals surface area contributed by atoms with Crippen molar-refractivity contribution in [3.8, 4) is 16.2 Å². The van der Waals surface area contributed by atoms with Crippen molar-refractivity contribution in [2.75, 3.05) is 13.2 Å². The predicted octanol–water partition coefficient (Wildman–Crippen LogP) is 5.67. The van der Waals surface area contributed by atoms with Crippen LogP contribution in [0.1, 0.15) is 0 Å². The minimum atomic E-state index is -5.79. The molecule has 0 atom stereocenters. The first-order valence-corrected chi connectivity index (χ1v) is 9.80. The van der Waals surface area contributed by atoms with Crippen molar-refractivity contribution in [3.05, 3.63) is 48.8 Å². The number of nitrogens with zero attached hydrogens (tertiary/aromatic N) is 1. The van der Waals surface area contributed by atoms with Crippen molar-refractivity contribution in [2.24, 2.45) is 0 Å². The molecule has 0 bridgehead atoms. The number of thiophene rings is 1. The van der Waals surface area contributed by atoms with Crippen LogP contribution in [0.25, 0.3) is 20.5 Å². The van der Waals surface area contributed by atoms with Crippen molar-refractivity contribution in [3.63, 3.8) is 0 Å². The minimum Gasteiger partial charge on any atom is -0.484 e. The molecule has 34 heavy (non-hydrogen) atoms. The fraction of sp³-hybridized carbons (Fsp3) is 0.316. The van der Waals surface area contributed by atoms with E-state index in [0.29, 0.717) is 4.70 Å². The quantitative estimate of drug-likeness (QED) is 0.260. The Hall–Kier alpha value is -2.59. The van der Waals surface area contributed by atoms with Crippen LogP contribution >= 0.6 is 11.3 Å². The number of pyridine rings is 1. The van der Waals surface area contributed by atoms with Gasteiger partial charge < -0.3 is 9.84 Å². The summed E-state index contributed by atoms with van der Waals surface area (Å²) in [4.78, 5) is 4.79. The summed E-state index contributed by atoms with van der Waals surface area (Å²) in [6.07, 6.45) is -18.3. The monoisotopic (exact) mass is 519 g/mol. The molecule has 0 fully saturated rings. The predicted molar refractivity (Wildman–Crippen MR) is 101 cm³/mol. The number of ether oxygens (including phenoxy) is 4. The van der Waals surface area contributed by atoms with Gasteiger partial charge in [0.2, 0.25) is 0 Å². The number of fused-ring (bicyclic) bond motifs is 1. The third-order valence-electron chi connectivity index (χ3n) is 3.80. The van der Waals surface area contributed by atoms with Crippen LogP contribution in [-0.2, 0) is 14.2 Å². The molecule has 1 aromatic carbocycles. The van der Waals surface area contributed by atoms with Crippen LogP contribution in [0.5, 0.6) is 5.75 Å². The Morgan fingerprint density at radius 2 is 1.53 bits per heavy atom. The van der Waals surface area contributed by atoms with Gasteiger partial charge in [0.15, 0.2) is 6.61 Å². The van der Waals surface area contributed by atoms with Crippen LogP contribution < -0.4 is 4.74 Å². The number of aromatic nitrogens is 1. The smallest absolute Gasteiger partial charge is 0.484 e. The molecule has 0 saturated heterocycles. The molecule has 0 unspecified atom stereocenters. The maximum Gasteiger partial charge on any atom is 0.496 e. The first kappa shape index (κ1) is 26.0. The SMILES string of the molecule is OCC(F)(F)OC(F)(F)OC(F)(F)OC(F)(F)COc1ccc2cc(-c3cccnc3)sc2c1. The Morgan fingerprint density at radius 3 is 2.15 bits per heavy atom. The molecule has 2 aromatic heterocycles. The lowest BCUT2D eigenvalue weighted by Crippen LogP contribution is -2.46. The highest BCUT2D eigenvalue weighted by atomic mass is 32.1. The van der Waals surface area contributed by atoms with E-state index in [1.54, 1.807) is 30.6 Å². The second-order valence-corrected chi connectivity index (χ2v) is 7.59. The lowest BCUT2D eigenvalue weighted by molar-refractivity contribution is -0.574. The fourth-order valence-electron chi connectivity index (χ4n) is 2.51. The van der Waals surface area contributed by atoms with Crippen molar-refractivity contribution in [2.45, 2.75) is 24.8 Å². The van der Waals surface area contributed by atoms with Crippen LogP contribution in [0.3, 0.4) is 0 Å². The van der Waals surface area contributed by atoms with E-state index in [-0.39, 0.29) is 5.75 Å². The highest BCUT2D eigenvalue weighted by molar-refractivity contribution is 7.22. The fourth-order valence-corrected chi connectivity index (χ4v) is 3.59. The summed E-state index contributed by atoms with van der Waals surface area (Å²) < 4.78 is 119. The number of benzene rings is 1. The van der Waals surface area contributed by atoms with Crippen molar-refractivity contribution in [1.29, 1.82) is 0 Å². The van der Waals surface area contributed by atoms with Crippen molar-refractivity contribution in [1.82, 2.24) is 4.98 Å². The summed E-state index contributed by atoms with van der Waals surface area (Å²) in [5.74, 6) is -0.184. The Labute approximate surface area is 189 Å². The molecule has 3 aromatic rings. The van der Waals surface area contributed by atoms with Gasteiger partial charge in [-0.25, -0.2) is 14.2 Å². The Kier molecular flexibility index (Phi) is 7.33. The average molecular weight is 519 g/mol. The van der Waals surface area contributed by atoms with E-state index < -0.39 is 38.0 Å². The van der Waals surface area contributed by atoms with Crippen molar-refractivity contribution < 1.29 is 59.2 Å². The van der Waals surface area contributed by atoms with Gasteiger partial charge in [0.25, 0.3) is 0 Å². The Balaban J connectivity index is 1.63. The summed E-state index contributed by atoms with van der Waals surface area (Å²) in [5.41, 5.74) is 0.797. The Bertz CT molecular complexity index is 1110. The molecular formula is C19H13F8NO5S. The minimum absolute atomic E-state index is 0.184. The number of hydrogen-bond acceptors (Lipinski definition) is 7. The molecule has 0 amide bonds. The first-order chi connectivity index (χ1) is 15.7. The number of hydrogen-bond donors (Lipinski definition) is 1. The van der Waals surface area contributed by atoms with Crippen LogP contribution in [0.2, 0.25) is 0 Å². The topological polar surface area (TPSA) is 70.0 Å². The summed E-state index contributed by atoms with van der Waals surface area (Å²) >= 11 is 1.27. The normalized spacial score (nSPS) is 13.4. The van der Waals surface area contributed by atoms with E-state index in [9.17, 15) is 35.1 Å². The van der Waals surface area contributed by atoms with Gasteiger partial charge in [0.05, 0.1) is 0 Å². The highest BCUT2D eigenvalue weighted by Crippen LogP contribution is 2.38. The molecule has 0 aliphatic carbocycles. The molecule has 0 aliphatic heterocycles. The van der Waals surface area contributed by atoms with Gasteiger partial charge in [-0.15, -0.1) is 28.9 Å². The maximum absolute atomic E-state index is 13.7. The molecule has 0 saturated carbocycles. The molecule has 0 spiro atoms. The third kappa shape index (κ3) is 7.20. The lowest BCUT2D eigenvalue weighted by atomic mass is 10.2. The van der Waals surface area contributed by atoms with Crippen LogP contribution in [0.15, 0.2) is 48.8 Å². The van der Waals surface area contributed by atoms with Crippen LogP contribution in [0.4, 0.5) is 35.1 Å². The molecule has 0 aliphatic rings. The van der Waals surface area contributed by atoms with Gasteiger partial charge in [0, 0.05) is 27.5 Å². The number of rotatable bonds is 11. The second-order valence-electron chi connectivity index (χ2n) is 6.51. The first-order valence-electron chi connectivity index (χ1n) is 8.99. The van der Waals surface area contributed by atoms with Gasteiger partial charge in [-0.3, -0.25) is 4.98 Å². The number of alkyl halides is 8. The Morgan fingerprint density at radius 1 is 0.853 bits per heavy atom. The van der Waals surface area contributed by atoms with Gasteiger partial charge >= 0.3 is 24.8 Å². The zero-order valence-corrected chi connectivity index (χ0v) is 17.3. The molecule has 3 rings (SSSR count). The van der Waals surface area contributed by atoms with Crippen LogP contribution in [-0.4, -0.2) is 48.1 Å². The maximum atomic E-state index is 13.7. The third-order valence-corrected chi connectivity index (χ3v) is 4.95. The number of halogens is 8. The van der Waals surface area contributed by atoms with E-state index in [0.717, 1.165) is 15.8 Å². The number of aliphatic hydroxyl groups excluding tert-OH is 1. The van der Waals surface area contributed by atoms with Gasteiger partial charge in [-0.05, 0) is 35.7 Å². The van der Waals surface area contributed by atoms with Gasteiger partial charge in [-0.2, -0.15) is 17.6 Å². The highest BCUT2D eigenvalue weighted by Gasteiger charge is 2.56. The van der Waals surface area contributed by atoms with Gasteiger partial charge in [0.1, 0.15) is 12.4 Å². The zero-order valence-electron chi connectivity index (χ0n) is 16.5. The zero-order chi connectivity index (χ0) is 25.2. The molecule has 186 valence electrons. The standard InChI is InChI=1S/C19H13F8NO5S/c20-16(21,9-29)31-18(24,25)33-19(26,27)32-17(22,23)10-30-13-4-3-11-6-14(34-15(11)7-13)12-2-1-5-28-8-12/h1-8,29H,9-10H2. The summed E-state index contributed by atoms with van der Waals surface area (Å²) in [5, 5.41) is 8.85. The van der Waals surface area contributed by atoms with E-state index in [4.69, 9.17) is 9.84 Å². The number of aliphatic hydroxyl groups is 1. The molecule has 2 heterocycles. The summed E-state index contributed by atoms with van der Waals surface area (Å²) in [6, 6.07) is 9.43. The van der Waals surface area contributed by atoms with E-state index >= 15 is 0 Å². The largest absolute Gasteiger partial charge is 0.496 e. The molecular weight excluding hydrogens is 506 g/mol. The lowest BCUT2D eigenvalue weighted by Gasteiger charge is -2.27. The van der Waals surface area contributed by atoms with Gasteiger partial charge in [-0.1, -0.05) is 6.07 Å². The van der Waals surface area contributed by atoms with E-state index in [1.807, 2.05) is 0 Å². The molecule has 1 N–H and O–H groups in total.